The lowest BCUT2D eigenvalue weighted by atomic mass is 10.1. The molecule has 26 heavy (non-hydrogen) atoms. The summed E-state index contributed by atoms with van der Waals surface area (Å²) in [5, 5.41) is 14.5. The number of thioether (sulfide) groups is 1. The third-order valence-corrected chi connectivity index (χ3v) is 6.43. The van der Waals surface area contributed by atoms with Crippen molar-refractivity contribution in [1.82, 2.24) is 25.1 Å². The van der Waals surface area contributed by atoms with E-state index in [1.807, 2.05) is 46.7 Å². The molecular formula is C18H19N5OS2. The van der Waals surface area contributed by atoms with E-state index in [4.69, 9.17) is 0 Å². The van der Waals surface area contributed by atoms with E-state index in [0.29, 0.717) is 11.7 Å². The normalized spacial score (nSPS) is 15.3. The maximum atomic E-state index is 13.1. The van der Waals surface area contributed by atoms with Gasteiger partial charge in [-0.3, -0.25) is 4.79 Å². The molecular weight excluding hydrogens is 366 g/mol. The average Bonchev–Trinajstić information content (AvgIpc) is 3.44. The molecule has 1 aliphatic rings. The second-order valence-corrected chi connectivity index (χ2v) is 8.24. The van der Waals surface area contributed by atoms with Crippen LogP contribution in [0.3, 0.4) is 0 Å². The molecule has 1 saturated heterocycles. The van der Waals surface area contributed by atoms with Crippen molar-refractivity contribution in [3.8, 4) is 0 Å². The molecule has 8 heteroatoms. The van der Waals surface area contributed by atoms with Gasteiger partial charge in [0.25, 0.3) is 0 Å². The summed E-state index contributed by atoms with van der Waals surface area (Å²) in [4.78, 5) is 16.3. The fraction of sp³-hybridized carbons (Fsp3) is 0.333. The van der Waals surface area contributed by atoms with Crippen molar-refractivity contribution in [2.24, 2.45) is 0 Å². The number of rotatable bonds is 6. The monoisotopic (exact) mass is 385 g/mol. The molecule has 0 spiro atoms. The summed E-state index contributed by atoms with van der Waals surface area (Å²) in [6.45, 7) is 2.29. The van der Waals surface area contributed by atoms with Crippen LogP contribution in [0.1, 0.15) is 28.5 Å². The van der Waals surface area contributed by atoms with Crippen molar-refractivity contribution < 1.29 is 4.79 Å². The summed E-state index contributed by atoms with van der Waals surface area (Å²) in [6.07, 6.45) is 2.15. The van der Waals surface area contributed by atoms with Gasteiger partial charge in [-0.25, -0.2) is 4.68 Å². The van der Waals surface area contributed by atoms with Gasteiger partial charge in [-0.15, -0.1) is 16.4 Å². The molecule has 4 rings (SSSR count). The molecule has 0 aliphatic carbocycles. The van der Waals surface area contributed by atoms with Crippen LogP contribution in [-0.2, 0) is 11.3 Å². The SMILES string of the molecule is O=C([C@H](Sc1nnnn1Cc1cccs1)c1ccccc1)N1CCCC1. The Kier molecular flexibility index (Phi) is 5.31. The zero-order valence-corrected chi connectivity index (χ0v) is 15.8. The highest BCUT2D eigenvalue weighted by atomic mass is 32.2. The molecule has 3 heterocycles. The van der Waals surface area contributed by atoms with Crippen LogP contribution in [0, 0.1) is 0 Å². The number of hydrogen-bond acceptors (Lipinski definition) is 6. The lowest BCUT2D eigenvalue weighted by Crippen LogP contribution is -2.31. The maximum absolute atomic E-state index is 13.1. The first-order valence-electron chi connectivity index (χ1n) is 8.60. The number of amides is 1. The van der Waals surface area contributed by atoms with Crippen molar-refractivity contribution in [3.05, 3.63) is 58.3 Å². The molecule has 2 aromatic heterocycles. The smallest absolute Gasteiger partial charge is 0.240 e. The summed E-state index contributed by atoms with van der Waals surface area (Å²) in [6, 6.07) is 14.0. The van der Waals surface area contributed by atoms with Crippen molar-refractivity contribution in [2.45, 2.75) is 29.8 Å². The molecule has 0 bridgehead atoms. The van der Waals surface area contributed by atoms with Crippen molar-refractivity contribution in [2.75, 3.05) is 13.1 Å². The standard InChI is InChI=1S/C18H19N5OS2/c24-17(22-10-4-5-11-22)16(14-7-2-1-3-8-14)26-18-19-20-21-23(18)13-15-9-6-12-25-15/h1-3,6-9,12,16H,4-5,10-11,13H2/t16-/m1/s1. The largest absolute Gasteiger partial charge is 0.341 e. The predicted octanol–water partition coefficient (Wildman–Crippen LogP) is 3.24. The third-order valence-electron chi connectivity index (χ3n) is 4.35. The molecule has 1 amide bonds. The number of nitrogens with zero attached hydrogens (tertiary/aromatic N) is 5. The highest BCUT2D eigenvalue weighted by molar-refractivity contribution is 8.00. The van der Waals surface area contributed by atoms with Crippen LogP contribution in [-0.4, -0.2) is 44.1 Å². The Morgan fingerprint density at radius 2 is 1.96 bits per heavy atom. The van der Waals surface area contributed by atoms with E-state index in [1.54, 1.807) is 16.0 Å². The van der Waals surface area contributed by atoms with Crippen LogP contribution in [0.25, 0.3) is 0 Å². The Morgan fingerprint density at radius 3 is 2.69 bits per heavy atom. The van der Waals surface area contributed by atoms with Gasteiger partial charge in [-0.1, -0.05) is 48.2 Å². The lowest BCUT2D eigenvalue weighted by Gasteiger charge is -2.22. The number of benzene rings is 1. The molecule has 0 radical (unpaired) electrons. The highest BCUT2D eigenvalue weighted by Crippen LogP contribution is 2.36. The Hall–Kier alpha value is -2.19. The van der Waals surface area contributed by atoms with E-state index in [2.05, 4.69) is 21.6 Å². The van der Waals surface area contributed by atoms with E-state index in [-0.39, 0.29) is 11.2 Å². The van der Waals surface area contributed by atoms with E-state index in [1.165, 1.54) is 16.6 Å². The summed E-state index contributed by atoms with van der Waals surface area (Å²) >= 11 is 3.10. The van der Waals surface area contributed by atoms with Gasteiger partial charge >= 0.3 is 0 Å². The second kappa shape index (κ2) is 8.01. The minimum Gasteiger partial charge on any atom is -0.341 e. The fourth-order valence-corrected chi connectivity index (χ4v) is 4.77. The van der Waals surface area contributed by atoms with Gasteiger partial charge in [0.15, 0.2) is 0 Å². The van der Waals surface area contributed by atoms with Crippen LogP contribution < -0.4 is 0 Å². The topological polar surface area (TPSA) is 63.9 Å². The summed E-state index contributed by atoms with van der Waals surface area (Å²) in [5.41, 5.74) is 0.986. The summed E-state index contributed by atoms with van der Waals surface area (Å²) in [7, 11) is 0. The molecule has 6 nitrogen and oxygen atoms in total. The molecule has 1 fully saturated rings. The Labute approximate surface area is 160 Å². The van der Waals surface area contributed by atoms with Crippen LogP contribution in [0.5, 0.6) is 0 Å². The van der Waals surface area contributed by atoms with Gasteiger partial charge in [0.2, 0.25) is 11.1 Å². The minimum atomic E-state index is -0.331. The summed E-state index contributed by atoms with van der Waals surface area (Å²) in [5.74, 6) is 0.143. The molecule has 3 aromatic rings. The number of carbonyl (C=O) groups excluding carboxylic acids is 1. The third kappa shape index (κ3) is 3.81. The van der Waals surface area contributed by atoms with Gasteiger partial charge in [-0.05, 0) is 40.3 Å². The van der Waals surface area contributed by atoms with Crippen LogP contribution in [0.4, 0.5) is 0 Å². The van der Waals surface area contributed by atoms with E-state index in [9.17, 15) is 4.79 Å². The van der Waals surface area contributed by atoms with Crippen LogP contribution >= 0.6 is 23.1 Å². The molecule has 0 N–H and O–H groups in total. The molecule has 0 unspecified atom stereocenters. The lowest BCUT2D eigenvalue weighted by molar-refractivity contribution is -0.129. The van der Waals surface area contributed by atoms with E-state index < -0.39 is 0 Å². The van der Waals surface area contributed by atoms with Gasteiger partial charge in [0.05, 0.1) is 6.54 Å². The number of likely N-dealkylation sites (tertiary alicyclic amines) is 1. The van der Waals surface area contributed by atoms with E-state index in [0.717, 1.165) is 31.5 Å². The highest BCUT2D eigenvalue weighted by Gasteiger charge is 2.30. The van der Waals surface area contributed by atoms with Gasteiger partial charge in [-0.2, -0.15) is 0 Å². The first-order chi connectivity index (χ1) is 12.8. The number of carbonyl (C=O) groups is 1. The van der Waals surface area contributed by atoms with Crippen LogP contribution in [0.15, 0.2) is 53.0 Å². The Balaban J connectivity index is 1.59. The first kappa shape index (κ1) is 17.2. The average molecular weight is 386 g/mol. The zero-order valence-electron chi connectivity index (χ0n) is 14.2. The first-order valence-corrected chi connectivity index (χ1v) is 10.4. The Morgan fingerprint density at radius 1 is 1.15 bits per heavy atom. The van der Waals surface area contributed by atoms with Gasteiger partial charge in [0.1, 0.15) is 5.25 Å². The van der Waals surface area contributed by atoms with Gasteiger partial charge in [0, 0.05) is 18.0 Å². The number of aromatic nitrogens is 4. The predicted molar refractivity (Wildman–Crippen MR) is 102 cm³/mol. The maximum Gasteiger partial charge on any atom is 0.240 e. The van der Waals surface area contributed by atoms with Crippen molar-refractivity contribution in [3.63, 3.8) is 0 Å². The number of tetrazole rings is 1. The molecule has 1 aromatic carbocycles. The molecule has 134 valence electrons. The second-order valence-electron chi connectivity index (χ2n) is 6.14. The van der Waals surface area contributed by atoms with Crippen LogP contribution in [0.2, 0.25) is 0 Å². The zero-order chi connectivity index (χ0) is 17.8. The molecule has 1 atom stereocenters. The quantitative estimate of drug-likeness (QED) is 0.610. The number of thiophene rings is 1. The Bertz CT molecular complexity index is 844. The van der Waals surface area contributed by atoms with E-state index >= 15 is 0 Å². The fourth-order valence-electron chi connectivity index (χ4n) is 3.03. The van der Waals surface area contributed by atoms with Gasteiger partial charge < -0.3 is 4.90 Å². The van der Waals surface area contributed by atoms with Crippen molar-refractivity contribution >= 4 is 29.0 Å². The molecule has 1 aliphatic heterocycles. The minimum absolute atomic E-state index is 0.143. The summed E-state index contributed by atoms with van der Waals surface area (Å²) < 4.78 is 1.77. The molecule has 0 saturated carbocycles. The number of hydrogen-bond donors (Lipinski definition) is 0. The van der Waals surface area contributed by atoms with Crippen molar-refractivity contribution in [1.29, 1.82) is 0 Å².